The Morgan fingerprint density at radius 3 is 2.20 bits per heavy atom. The minimum absolute atomic E-state index is 0.0606. The molecule has 3 heterocycles. The maximum absolute atomic E-state index is 12.9. The van der Waals surface area contributed by atoms with Crippen LogP contribution < -0.4 is 0 Å². The van der Waals surface area contributed by atoms with Crippen LogP contribution in [0.4, 0.5) is 0 Å². The quantitative estimate of drug-likeness (QED) is 0.0430. The van der Waals surface area contributed by atoms with Gasteiger partial charge in [0.15, 0.2) is 11.9 Å². The summed E-state index contributed by atoms with van der Waals surface area (Å²) in [5.74, 6) is -5.81. The molecule has 3 aliphatic heterocycles. The number of nitrogens with zero attached hydrogens (tertiary/aromatic N) is 1. The molecule has 0 aromatic carbocycles. The number of ketones is 1. The molecule has 3 saturated heterocycles. The molecule has 368 valence electrons. The van der Waals surface area contributed by atoms with Gasteiger partial charge in [0.1, 0.15) is 34.8 Å². The zero-order chi connectivity index (χ0) is 48.5. The summed E-state index contributed by atoms with van der Waals surface area (Å²) < 4.78 is 44.2. The predicted octanol–water partition coefficient (Wildman–Crippen LogP) is 1.36. The smallest absolute Gasteiger partial charge is 0.394 e. The number of aliphatic hydroxyl groups excluding tert-OH is 3. The van der Waals surface area contributed by atoms with Crippen molar-refractivity contribution < 1.29 is 82.2 Å². The highest BCUT2D eigenvalue weighted by Crippen LogP contribution is 2.78. The lowest BCUT2D eigenvalue weighted by Crippen LogP contribution is -2.85. The maximum atomic E-state index is 12.9. The van der Waals surface area contributed by atoms with E-state index in [2.05, 4.69) is 18.7 Å². The van der Waals surface area contributed by atoms with E-state index in [1.54, 1.807) is 39.0 Å². The molecule has 0 amide bonds. The summed E-state index contributed by atoms with van der Waals surface area (Å²) in [4.78, 5) is 37.4. The number of carbonyl (C=O) groups excluding carboxylic acids is 3. The SMILES string of the molecule is CC=C(C)C(=O)OC1CCC2(C)C3CCC4C5(O)CC(O)C6(O)C(CN7CC(C)CCC7C6(C)O)C5(O)CC42OC13O.CCCC=CC=CC1CC(O)C(O)C(=O)C1C=O.O=S(=O)(O)O. The summed E-state index contributed by atoms with van der Waals surface area (Å²) in [6, 6.07) is -0.387. The van der Waals surface area contributed by atoms with Gasteiger partial charge in [-0.15, -0.1) is 0 Å². The minimum Gasteiger partial charge on any atom is -0.453 e. The van der Waals surface area contributed by atoms with E-state index in [9.17, 15) is 55.2 Å². The summed E-state index contributed by atoms with van der Waals surface area (Å²) in [6.45, 7) is 12.1. The van der Waals surface area contributed by atoms with Crippen LogP contribution in [0, 0.1) is 40.9 Å². The van der Waals surface area contributed by atoms with Crippen LogP contribution in [-0.4, -0.2) is 159 Å². The third kappa shape index (κ3) is 8.25. The lowest BCUT2D eigenvalue weighted by Gasteiger charge is -2.68. The van der Waals surface area contributed by atoms with E-state index in [4.69, 9.17) is 27.0 Å². The first-order chi connectivity index (χ1) is 30.1. The van der Waals surface area contributed by atoms with Crippen LogP contribution in [0.15, 0.2) is 36.0 Å². The van der Waals surface area contributed by atoms with Crippen LogP contribution in [0.25, 0.3) is 0 Å². The van der Waals surface area contributed by atoms with E-state index in [1.165, 1.54) is 0 Å². The molecule has 0 radical (unpaired) electrons. The topological polar surface area (TPSA) is 309 Å². The van der Waals surface area contributed by atoms with Gasteiger partial charge in [-0.25, -0.2) is 4.79 Å². The molecular weight excluding hydrogens is 871 g/mol. The molecule has 8 aliphatic rings. The van der Waals surface area contributed by atoms with Gasteiger partial charge in [-0.05, 0) is 84.0 Å². The van der Waals surface area contributed by atoms with Crippen molar-refractivity contribution in [3.05, 3.63) is 36.0 Å². The third-order valence-electron chi connectivity index (χ3n) is 17.2. The van der Waals surface area contributed by atoms with Gasteiger partial charge in [0, 0.05) is 60.7 Å². The van der Waals surface area contributed by atoms with Crippen LogP contribution >= 0.6 is 0 Å². The normalized spacial score (nSPS) is 49.1. The fraction of sp³-hybridized carbons (Fsp3) is 0.804. The second-order valence-electron chi connectivity index (χ2n) is 20.7. The van der Waals surface area contributed by atoms with E-state index in [0.717, 1.165) is 19.3 Å². The van der Waals surface area contributed by atoms with Crippen LogP contribution in [-0.2, 0) is 34.3 Å². The molecular formula is C46H71NO17S. The molecule has 1 spiro atoms. The molecule has 8 rings (SSSR count). The zero-order valence-electron chi connectivity index (χ0n) is 38.2. The lowest BCUT2D eigenvalue weighted by atomic mass is 9.49. The number of carbonyl (C=O) groups is 3. The van der Waals surface area contributed by atoms with E-state index >= 15 is 0 Å². The van der Waals surface area contributed by atoms with Crippen molar-refractivity contribution in [2.75, 3.05) is 13.1 Å². The number of unbranched alkanes of at least 4 members (excludes halogenated alkanes) is 1. The van der Waals surface area contributed by atoms with E-state index in [-0.39, 0.29) is 37.8 Å². The van der Waals surface area contributed by atoms with E-state index in [1.807, 2.05) is 19.1 Å². The number of aliphatic hydroxyl groups is 8. The molecule has 5 saturated carbocycles. The summed E-state index contributed by atoms with van der Waals surface area (Å²) in [5, 5.41) is 92.9. The van der Waals surface area contributed by atoms with Gasteiger partial charge in [0.05, 0.1) is 23.7 Å². The van der Waals surface area contributed by atoms with E-state index < -0.39 is 109 Å². The number of ether oxygens (including phenoxy) is 2. The Kier molecular flexibility index (Phi) is 14.5. The van der Waals surface area contributed by atoms with Crippen LogP contribution in [0.5, 0.6) is 0 Å². The third-order valence-corrected chi connectivity index (χ3v) is 17.2. The first-order valence-electron chi connectivity index (χ1n) is 23.0. The number of piperidine rings is 2. The maximum Gasteiger partial charge on any atom is 0.394 e. The number of allylic oxidation sites excluding steroid dienone is 5. The predicted molar refractivity (Wildman–Crippen MR) is 232 cm³/mol. The van der Waals surface area contributed by atoms with Gasteiger partial charge in [0.25, 0.3) is 0 Å². The van der Waals surface area contributed by atoms with Gasteiger partial charge in [-0.2, -0.15) is 8.42 Å². The molecule has 0 aromatic rings. The fourth-order valence-electron chi connectivity index (χ4n) is 13.9. The van der Waals surface area contributed by atoms with E-state index in [0.29, 0.717) is 56.4 Å². The zero-order valence-corrected chi connectivity index (χ0v) is 39.0. The lowest BCUT2D eigenvalue weighted by molar-refractivity contribution is -0.354. The van der Waals surface area contributed by atoms with Crippen LogP contribution in [0.2, 0.25) is 0 Å². The van der Waals surface area contributed by atoms with Crippen molar-refractivity contribution >= 4 is 28.4 Å². The monoisotopic (exact) mass is 941 g/mol. The highest BCUT2D eigenvalue weighted by molar-refractivity contribution is 7.79. The highest BCUT2D eigenvalue weighted by atomic mass is 32.3. The number of rotatable bonds is 7. The number of hydrogen-bond acceptors (Lipinski definition) is 16. The van der Waals surface area contributed by atoms with Gasteiger partial charge in [-0.3, -0.25) is 18.8 Å². The molecule has 19 heteroatoms. The Bertz CT molecular complexity index is 2020. The summed E-state index contributed by atoms with van der Waals surface area (Å²) in [6.07, 6.45) is 10.0. The second kappa shape index (κ2) is 18.1. The fourth-order valence-corrected chi connectivity index (χ4v) is 13.9. The second-order valence-corrected chi connectivity index (χ2v) is 21.6. The van der Waals surface area contributed by atoms with Gasteiger partial charge < -0.3 is 55.1 Å². The summed E-state index contributed by atoms with van der Waals surface area (Å²) in [5.41, 5.74) is -8.96. The highest BCUT2D eigenvalue weighted by Gasteiger charge is 2.88. The molecule has 10 N–H and O–H groups in total. The van der Waals surface area contributed by atoms with Crippen LogP contribution in [0.3, 0.4) is 0 Å². The van der Waals surface area contributed by atoms with Crippen molar-refractivity contribution in [1.29, 1.82) is 0 Å². The number of fused-ring (bicyclic) bond motifs is 5. The van der Waals surface area contributed by atoms with Crippen LogP contribution in [0.1, 0.15) is 112 Å². The first-order valence-corrected chi connectivity index (χ1v) is 24.4. The van der Waals surface area contributed by atoms with Crippen molar-refractivity contribution in [2.24, 2.45) is 40.9 Å². The number of hydrogen-bond donors (Lipinski definition) is 10. The molecule has 18 atom stereocenters. The number of aldehydes is 1. The Morgan fingerprint density at radius 2 is 1.58 bits per heavy atom. The van der Waals surface area contributed by atoms with Crippen molar-refractivity contribution in [3.63, 3.8) is 0 Å². The largest absolute Gasteiger partial charge is 0.453 e. The summed E-state index contributed by atoms with van der Waals surface area (Å²) in [7, 11) is -4.67. The molecule has 18 unspecified atom stereocenters. The van der Waals surface area contributed by atoms with Gasteiger partial charge in [0.2, 0.25) is 5.79 Å². The van der Waals surface area contributed by atoms with Gasteiger partial charge in [-0.1, -0.05) is 57.6 Å². The van der Waals surface area contributed by atoms with Gasteiger partial charge >= 0.3 is 16.4 Å². The number of esters is 1. The molecule has 8 fully saturated rings. The Morgan fingerprint density at radius 1 is 0.938 bits per heavy atom. The summed E-state index contributed by atoms with van der Waals surface area (Å²) >= 11 is 0. The average molecular weight is 942 g/mol. The molecule has 4 bridgehead atoms. The molecule has 0 aromatic heterocycles. The van der Waals surface area contributed by atoms with Crippen molar-refractivity contribution in [1.82, 2.24) is 4.90 Å². The Balaban J connectivity index is 0.000000254. The molecule has 5 aliphatic carbocycles. The molecule has 18 nitrogen and oxygen atoms in total. The number of Topliss-reactive ketones (excluding diaryl/α,β-unsaturated/α-hetero) is 1. The first kappa shape index (κ1) is 51.9. The standard InChI is InChI=1S/C32H49NO9.C14H20O4.H2O4S/c1-6-18(3)25(35)41-24-11-12-26(4)19-8-9-20-28(37)13-23(34)31(39)21(29(28,38)16-30(20,26)42-32(19,24)40)15-33-14-17(2)7-10-22(33)27(31,5)36;1-2-3-4-5-6-7-10-8-12(16)14(18)13(17)11(10)9-15;1-5(2,3)4/h6,17,19-24,34,36-40H,7-16H2,1-5H3;4-7,9-12,14,16,18H,2-3,8H2,1H3;(H2,1,2,3,4). The van der Waals surface area contributed by atoms with Crippen molar-refractivity contribution in [3.8, 4) is 0 Å². The van der Waals surface area contributed by atoms with Crippen molar-refractivity contribution in [2.45, 2.75) is 176 Å². The Hall–Kier alpha value is -2.50. The molecule has 65 heavy (non-hydrogen) atoms. The minimum atomic E-state index is -4.67. The average Bonchev–Trinajstić information content (AvgIpc) is 3.39. The Labute approximate surface area is 381 Å².